The quantitative estimate of drug-likeness (QED) is 0.853. The monoisotopic (exact) mass is 273 g/mol. The van der Waals surface area contributed by atoms with Crippen LogP contribution < -0.4 is 5.73 Å². The third-order valence-corrected chi connectivity index (χ3v) is 3.86. The fourth-order valence-corrected chi connectivity index (χ4v) is 2.55. The van der Waals surface area contributed by atoms with Crippen molar-refractivity contribution >= 4 is 29.0 Å². The summed E-state index contributed by atoms with van der Waals surface area (Å²) in [5.41, 5.74) is 6.77. The summed E-state index contributed by atoms with van der Waals surface area (Å²) in [6.07, 6.45) is 2.74. The number of hydrogen-bond donors (Lipinski definition) is 1. The van der Waals surface area contributed by atoms with Crippen LogP contribution in [0.3, 0.4) is 0 Å². The number of aromatic nitrogens is 1. The number of thioether (sulfide) groups is 1. The van der Waals surface area contributed by atoms with E-state index in [1.807, 2.05) is 18.6 Å². The molecular weight excluding hydrogens is 254 g/mol. The summed E-state index contributed by atoms with van der Waals surface area (Å²) in [5.74, 6) is 0.904. The minimum Gasteiger partial charge on any atom is -0.338 e. The maximum absolute atomic E-state index is 11.9. The average Bonchev–Trinajstić information content (AvgIpc) is 2.70. The largest absolute Gasteiger partial charge is 0.338 e. The Morgan fingerprint density at radius 2 is 2.41 bits per heavy atom. The molecule has 0 fully saturated rings. The summed E-state index contributed by atoms with van der Waals surface area (Å²) in [4.78, 5) is 17.9. The molecule has 1 amide bonds. The van der Waals surface area contributed by atoms with Crippen LogP contribution >= 0.6 is 23.1 Å². The lowest BCUT2D eigenvalue weighted by molar-refractivity contribution is -0.131. The Hall–Kier alpha value is -0.590. The first-order valence-electron chi connectivity index (χ1n) is 5.45. The topological polar surface area (TPSA) is 59.2 Å². The molecule has 0 aliphatic heterocycles. The predicted molar refractivity (Wildman–Crippen MR) is 74.3 cm³/mol. The van der Waals surface area contributed by atoms with Gasteiger partial charge in [0.1, 0.15) is 0 Å². The van der Waals surface area contributed by atoms with Gasteiger partial charge < -0.3 is 10.6 Å². The molecule has 0 bridgehead atoms. The molecule has 1 heterocycles. The summed E-state index contributed by atoms with van der Waals surface area (Å²) < 4.78 is 0. The molecule has 0 aromatic carbocycles. The number of aryl methyl sites for hydroxylation is 1. The first-order chi connectivity index (χ1) is 8.04. The van der Waals surface area contributed by atoms with Crippen LogP contribution in [-0.4, -0.2) is 40.9 Å². The first-order valence-corrected chi connectivity index (χ1v) is 7.72. The molecule has 0 saturated heterocycles. The fraction of sp³-hybridized carbons (Fsp3) is 0.636. The number of thiazole rings is 1. The van der Waals surface area contributed by atoms with Crippen LogP contribution in [0.2, 0.25) is 0 Å². The van der Waals surface area contributed by atoms with Gasteiger partial charge >= 0.3 is 0 Å². The van der Waals surface area contributed by atoms with Crippen molar-refractivity contribution in [3.05, 3.63) is 16.1 Å². The van der Waals surface area contributed by atoms with E-state index in [9.17, 15) is 4.79 Å². The number of nitrogens with zero attached hydrogens (tertiary/aromatic N) is 2. The molecule has 1 aromatic heterocycles. The van der Waals surface area contributed by atoms with Gasteiger partial charge in [0.15, 0.2) is 0 Å². The maximum atomic E-state index is 11.9. The molecule has 1 rings (SSSR count). The summed E-state index contributed by atoms with van der Waals surface area (Å²) >= 11 is 3.30. The zero-order valence-electron chi connectivity index (χ0n) is 10.5. The van der Waals surface area contributed by atoms with Crippen LogP contribution in [0.15, 0.2) is 5.38 Å². The van der Waals surface area contributed by atoms with Crippen molar-refractivity contribution in [3.8, 4) is 0 Å². The summed E-state index contributed by atoms with van der Waals surface area (Å²) in [6, 6.07) is -0.396. The van der Waals surface area contributed by atoms with Gasteiger partial charge in [-0.15, -0.1) is 11.3 Å². The molecule has 0 aliphatic carbocycles. The highest BCUT2D eigenvalue weighted by Gasteiger charge is 2.18. The molecule has 4 nitrogen and oxygen atoms in total. The lowest BCUT2D eigenvalue weighted by Crippen LogP contribution is -2.41. The molecule has 0 unspecified atom stereocenters. The standard InChI is InChI=1S/C11H19N3OS2/c1-8-13-9(7-17-8)6-14(2)11(15)10(12)4-5-16-3/h7,10H,4-6,12H2,1-3H3/t10-/m0/s1. The van der Waals surface area contributed by atoms with Crippen LogP contribution in [0.5, 0.6) is 0 Å². The molecule has 0 radical (unpaired) electrons. The van der Waals surface area contributed by atoms with E-state index >= 15 is 0 Å². The number of carbonyl (C=O) groups excluding carboxylic acids is 1. The SMILES string of the molecule is CSCC[C@H](N)C(=O)N(C)Cc1csc(C)n1. The predicted octanol–water partition coefficient (Wildman–Crippen LogP) is 1.49. The molecule has 0 saturated carbocycles. The third-order valence-electron chi connectivity index (χ3n) is 2.39. The highest BCUT2D eigenvalue weighted by Crippen LogP contribution is 2.10. The molecule has 0 aliphatic rings. The van der Waals surface area contributed by atoms with Gasteiger partial charge in [0.2, 0.25) is 5.91 Å². The zero-order valence-corrected chi connectivity index (χ0v) is 12.1. The minimum atomic E-state index is -0.396. The van der Waals surface area contributed by atoms with Crippen molar-refractivity contribution in [1.29, 1.82) is 0 Å². The lowest BCUT2D eigenvalue weighted by atomic mass is 10.2. The summed E-state index contributed by atoms with van der Waals surface area (Å²) in [7, 11) is 1.77. The van der Waals surface area contributed by atoms with Crippen molar-refractivity contribution in [2.24, 2.45) is 5.73 Å². The zero-order chi connectivity index (χ0) is 12.8. The van der Waals surface area contributed by atoms with Gasteiger partial charge in [-0.25, -0.2) is 4.98 Å². The molecule has 6 heteroatoms. The van der Waals surface area contributed by atoms with Crippen LogP contribution in [0.4, 0.5) is 0 Å². The molecule has 17 heavy (non-hydrogen) atoms. The third kappa shape index (κ3) is 4.65. The lowest BCUT2D eigenvalue weighted by Gasteiger charge is -2.20. The average molecular weight is 273 g/mol. The van der Waals surface area contributed by atoms with Gasteiger partial charge in [-0.2, -0.15) is 11.8 Å². The molecular formula is C11H19N3OS2. The van der Waals surface area contributed by atoms with E-state index in [1.165, 1.54) is 0 Å². The Labute approximate surface area is 111 Å². The van der Waals surface area contributed by atoms with E-state index in [0.29, 0.717) is 6.54 Å². The molecule has 1 atom stereocenters. The Balaban J connectivity index is 2.46. The van der Waals surface area contributed by atoms with Crippen molar-refractivity contribution in [2.75, 3.05) is 19.1 Å². The smallest absolute Gasteiger partial charge is 0.239 e. The van der Waals surface area contributed by atoms with Crippen molar-refractivity contribution in [1.82, 2.24) is 9.88 Å². The first kappa shape index (κ1) is 14.5. The van der Waals surface area contributed by atoms with Gasteiger partial charge in [0, 0.05) is 12.4 Å². The normalized spacial score (nSPS) is 12.5. The van der Waals surface area contributed by atoms with Gasteiger partial charge in [-0.1, -0.05) is 0 Å². The van der Waals surface area contributed by atoms with Crippen LogP contribution in [-0.2, 0) is 11.3 Å². The van der Waals surface area contributed by atoms with E-state index in [1.54, 1.807) is 35.0 Å². The number of hydrogen-bond acceptors (Lipinski definition) is 5. The van der Waals surface area contributed by atoms with Gasteiger partial charge in [-0.3, -0.25) is 4.79 Å². The Morgan fingerprint density at radius 1 is 1.71 bits per heavy atom. The van der Waals surface area contributed by atoms with E-state index in [4.69, 9.17) is 5.73 Å². The van der Waals surface area contributed by atoms with Crippen LogP contribution in [0.1, 0.15) is 17.1 Å². The van der Waals surface area contributed by atoms with Crippen molar-refractivity contribution in [2.45, 2.75) is 25.9 Å². The van der Waals surface area contributed by atoms with Gasteiger partial charge in [0.25, 0.3) is 0 Å². The molecule has 1 aromatic rings. The van der Waals surface area contributed by atoms with Crippen LogP contribution in [0.25, 0.3) is 0 Å². The molecule has 0 spiro atoms. The van der Waals surface area contributed by atoms with E-state index < -0.39 is 6.04 Å². The number of rotatable bonds is 6. The molecule has 96 valence electrons. The highest BCUT2D eigenvalue weighted by molar-refractivity contribution is 7.98. The second-order valence-corrected chi connectivity index (χ2v) is 5.99. The second kappa shape index (κ2) is 6.98. The molecule has 2 N–H and O–H groups in total. The highest BCUT2D eigenvalue weighted by atomic mass is 32.2. The Morgan fingerprint density at radius 3 is 2.94 bits per heavy atom. The van der Waals surface area contributed by atoms with Crippen molar-refractivity contribution < 1.29 is 4.79 Å². The number of amides is 1. The maximum Gasteiger partial charge on any atom is 0.239 e. The van der Waals surface area contributed by atoms with E-state index in [-0.39, 0.29) is 5.91 Å². The van der Waals surface area contributed by atoms with Gasteiger partial charge in [-0.05, 0) is 25.4 Å². The van der Waals surface area contributed by atoms with Crippen LogP contribution in [0, 0.1) is 6.92 Å². The Bertz CT molecular complexity index is 367. The van der Waals surface area contributed by atoms with E-state index in [2.05, 4.69) is 4.98 Å². The number of likely N-dealkylation sites (N-methyl/N-ethyl adjacent to an activating group) is 1. The summed E-state index contributed by atoms with van der Waals surface area (Å²) in [6.45, 7) is 2.50. The number of nitrogens with two attached hydrogens (primary N) is 1. The van der Waals surface area contributed by atoms with E-state index in [0.717, 1.165) is 22.9 Å². The number of carbonyl (C=O) groups is 1. The van der Waals surface area contributed by atoms with Crippen molar-refractivity contribution in [3.63, 3.8) is 0 Å². The summed E-state index contributed by atoms with van der Waals surface area (Å²) in [5, 5.41) is 3.00. The minimum absolute atomic E-state index is 0.00953. The fourth-order valence-electron chi connectivity index (χ4n) is 1.45. The second-order valence-electron chi connectivity index (χ2n) is 3.94. The Kier molecular flexibility index (Phi) is 5.94. The van der Waals surface area contributed by atoms with Gasteiger partial charge in [0.05, 0.1) is 23.3 Å².